The second-order valence-electron chi connectivity index (χ2n) is 7.09. The molecule has 0 spiro atoms. The fourth-order valence-electron chi connectivity index (χ4n) is 3.04. The van der Waals surface area contributed by atoms with Crippen LogP contribution in [0.4, 0.5) is 11.4 Å². The molecule has 1 heterocycles. The van der Waals surface area contributed by atoms with Crippen molar-refractivity contribution in [1.82, 2.24) is 9.55 Å². The van der Waals surface area contributed by atoms with Gasteiger partial charge >= 0.3 is 0 Å². The molecule has 0 saturated heterocycles. The molecule has 1 N–H and O–H groups in total. The maximum Gasteiger partial charge on any atom is 0.257 e. The molecule has 2 aromatic carbocycles. The van der Waals surface area contributed by atoms with Crippen LogP contribution in [0.3, 0.4) is 0 Å². The van der Waals surface area contributed by atoms with Crippen LogP contribution in [0.5, 0.6) is 0 Å². The number of carbonyl (C=O) groups excluding carboxylic acids is 2. The van der Waals surface area contributed by atoms with E-state index in [-0.39, 0.29) is 17.7 Å². The minimum absolute atomic E-state index is 0.0703. The van der Waals surface area contributed by atoms with Crippen LogP contribution in [0.25, 0.3) is 0 Å². The summed E-state index contributed by atoms with van der Waals surface area (Å²) in [5.74, 6) is -0.0682. The zero-order valence-electron chi connectivity index (χ0n) is 16.3. The van der Waals surface area contributed by atoms with E-state index in [1.165, 1.54) is 0 Å². The first kappa shape index (κ1) is 19.3. The third-order valence-corrected chi connectivity index (χ3v) is 5.95. The zero-order chi connectivity index (χ0) is 20.4. The van der Waals surface area contributed by atoms with Gasteiger partial charge in [-0.1, -0.05) is 23.9 Å². The lowest BCUT2D eigenvalue weighted by molar-refractivity contribution is -0.119. The molecule has 0 atom stereocenters. The van der Waals surface area contributed by atoms with Crippen LogP contribution in [0.15, 0.2) is 71.0 Å². The molecule has 0 aliphatic heterocycles. The number of hydrogen-bond donors (Lipinski definition) is 1. The number of benzene rings is 2. The van der Waals surface area contributed by atoms with Gasteiger partial charge in [-0.25, -0.2) is 4.98 Å². The molecular weight excluding hydrogens is 384 g/mol. The minimum Gasteiger partial charge on any atom is -0.329 e. The second kappa shape index (κ2) is 8.13. The van der Waals surface area contributed by atoms with E-state index in [0.717, 1.165) is 22.9 Å². The Kier molecular flexibility index (Phi) is 5.40. The number of carbonyl (C=O) groups is 2. The van der Waals surface area contributed by atoms with E-state index in [1.807, 2.05) is 54.2 Å². The number of nitrogens with zero attached hydrogens (tertiary/aromatic N) is 3. The van der Waals surface area contributed by atoms with Gasteiger partial charge in [0.15, 0.2) is 5.16 Å². The molecule has 1 saturated carbocycles. The zero-order valence-corrected chi connectivity index (χ0v) is 17.1. The van der Waals surface area contributed by atoms with Crippen LogP contribution in [0.1, 0.15) is 23.2 Å². The number of aromatic nitrogens is 2. The van der Waals surface area contributed by atoms with Crippen molar-refractivity contribution in [2.24, 2.45) is 13.0 Å². The highest BCUT2D eigenvalue weighted by molar-refractivity contribution is 7.99. The van der Waals surface area contributed by atoms with Crippen LogP contribution in [0.2, 0.25) is 0 Å². The molecule has 1 aromatic heterocycles. The number of hydrogen-bond acceptors (Lipinski definition) is 4. The van der Waals surface area contributed by atoms with Crippen molar-refractivity contribution >= 4 is 35.0 Å². The summed E-state index contributed by atoms with van der Waals surface area (Å²) in [5.41, 5.74) is 1.81. The normalized spacial score (nSPS) is 13.2. The Morgan fingerprint density at radius 1 is 1.14 bits per heavy atom. The highest BCUT2D eigenvalue weighted by atomic mass is 32.2. The first-order valence-corrected chi connectivity index (χ1v) is 10.3. The fraction of sp³-hybridized carbons (Fsp3) is 0.227. The van der Waals surface area contributed by atoms with E-state index in [9.17, 15) is 9.59 Å². The highest BCUT2D eigenvalue weighted by Crippen LogP contribution is 2.33. The number of para-hydroxylation sites is 1. The van der Waals surface area contributed by atoms with Crippen molar-refractivity contribution < 1.29 is 9.59 Å². The summed E-state index contributed by atoms with van der Waals surface area (Å²) in [5, 5.41) is 3.83. The van der Waals surface area contributed by atoms with Gasteiger partial charge in [-0.15, -0.1) is 0 Å². The maximum atomic E-state index is 12.9. The number of anilines is 2. The van der Waals surface area contributed by atoms with E-state index in [4.69, 9.17) is 0 Å². The van der Waals surface area contributed by atoms with Gasteiger partial charge in [0.2, 0.25) is 5.91 Å². The molecule has 29 heavy (non-hydrogen) atoms. The molecule has 148 valence electrons. The lowest BCUT2D eigenvalue weighted by Crippen LogP contribution is -2.29. The predicted octanol–water partition coefficient (Wildman–Crippen LogP) is 4.20. The number of rotatable bonds is 6. The topological polar surface area (TPSA) is 67.2 Å². The Labute approximate surface area is 173 Å². The summed E-state index contributed by atoms with van der Waals surface area (Å²) < 4.78 is 1.96. The van der Waals surface area contributed by atoms with Crippen molar-refractivity contribution in [2.45, 2.75) is 22.9 Å². The van der Waals surface area contributed by atoms with Gasteiger partial charge in [0, 0.05) is 43.0 Å². The standard InChI is InChI=1S/C22H22N4O2S/c1-25-14-13-23-22(25)29-17-11-9-16(10-12-17)24-20(27)18-5-3-4-6-19(18)26(2)21(28)15-7-8-15/h3-6,9-15H,7-8H2,1-2H3,(H,24,27). The molecule has 2 amide bonds. The number of amides is 2. The molecule has 0 bridgehead atoms. The summed E-state index contributed by atoms with van der Waals surface area (Å²) in [6.07, 6.45) is 5.53. The lowest BCUT2D eigenvalue weighted by atomic mass is 10.1. The number of aryl methyl sites for hydroxylation is 1. The molecule has 1 aliphatic carbocycles. The van der Waals surface area contributed by atoms with Crippen molar-refractivity contribution in [3.63, 3.8) is 0 Å². The summed E-state index contributed by atoms with van der Waals surface area (Å²) >= 11 is 1.56. The third kappa shape index (κ3) is 4.35. The maximum absolute atomic E-state index is 12.9. The lowest BCUT2D eigenvalue weighted by Gasteiger charge is -2.20. The quantitative estimate of drug-likeness (QED) is 0.666. The van der Waals surface area contributed by atoms with E-state index < -0.39 is 0 Å². The highest BCUT2D eigenvalue weighted by Gasteiger charge is 2.33. The van der Waals surface area contributed by atoms with Crippen molar-refractivity contribution in [3.05, 3.63) is 66.5 Å². The first-order chi connectivity index (χ1) is 14.0. The molecule has 7 heteroatoms. The van der Waals surface area contributed by atoms with Crippen molar-refractivity contribution in [1.29, 1.82) is 0 Å². The third-order valence-electron chi connectivity index (χ3n) is 4.87. The monoisotopic (exact) mass is 406 g/mol. The number of nitrogens with one attached hydrogen (secondary N) is 1. The minimum atomic E-state index is -0.236. The molecule has 1 aliphatic rings. The summed E-state index contributed by atoms with van der Waals surface area (Å²) in [6.45, 7) is 0. The molecule has 0 radical (unpaired) electrons. The fourth-order valence-corrected chi connectivity index (χ4v) is 3.84. The Morgan fingerprint density at radius 2 is 1.86 bits per heavy atom. The molecule has 6 nitrogen and oxygen atoms in total. The van der Waals surface area contributed by atoms with Crippen LogP contribution < -0.4 is 10.2 Å². The largest absolute Gasteiger partial charge is 0.329 e. The Balaban J connectivity index is 1.47. The van der Waals surface area contributed by atoms with Gasteiger partial charge in [-0.05, 0) is 49.2 Å². The van der Waals surface area contributed by atoms with Crippen LogP contribution in [-0.4, -0.2) is 28.4 Å². The number of imidazole rings is 1. The molecular formula is C22H22N4O2S. The molecule has 3 aromatic rings. The smallest absolute Gasteiger partial charge is 0.257 e. The van der Waals surface area contributed by atoms with Gasteiger partial charge in [0.25, 0.3) is 5.91 Å². The van der Waals surface area contributed by atoms with Crippen molar-refractivity contribution in [2.75, 3.05) is 17.3 Å². The molecule has 0 unspecified atom stereocenters. The average molecular weight is 407 g/mol. The van der Waals surface area contributed by atoms with Gasteiger partial charge in [0.05, 0.1) is 11.3 Å². The second-order valence-corrected chi connectivity index (χ2v) is 8.13. The van der Waals surface area contributed by atoms with E-state index in [1.54, 1.807) is 42.0 Å². The van der Waals surface area contributed by atoms with Crippen LogP contribution in [-0.2, 0) is 11.8 Å². The van der Waals surface area contributed by atoms with E-state index >= 15 is 0 Å². The van der Waals surface area contributed by atoms with Crippen molar-refractivity contribution in [3.8, 4) is 0 Å². The van der Waals surface area contributed by atoms with Crippen LogP contribution >= 0.6 is 11.8 Å². The van der Waals surface area contributed by atoms with E-state index in [0.29, 0.717) is 16.9 Å². The Morgan fingerprint density at radius 3 is 2.52 bits per heavy atom. The van der Waals surface area contributed by atoms with Gasteiger partial charge in [-0.3, -0.25) is 9.59 Å². The van der Waals surface area contributed by atoms with Gasteiger partial charge in [-0.2, -0.15) is 0 Å². The predicted molar refractivity (Wildman–Crippen MR) is 114 cm³/mol. The van der Waals surface area contributed by atoms with E-state index in [2.05, 4.69) is 10.3 Å². The first-order valence-electron chi connectivity index (χ1n) is 9.46. The van der Waals surface area contributed by atoms with Gasteiger partial charge in [0.1, 0.15) is 0 Å². The Bertz CT molecular complexity index is 1040. The molecule has 1 fully saturated rings. The SMILES string of the molecule is CN(C(=O)C1CC1)c1ccccc1C(=O)Nc1ccc(Sc2nccn2C)cc1. The Hall–Kier alpha value is -3.06. The van der Waals surface area contributed by atoms with Gasteiger partial charge < -0.3 is 14.8 Å². The summed E-state index contributed by atoms with van der Waals surface area (Å²) in [7, 11) is 3.68. The average Bonchev–Trinajstić information content (AvgIpc) is 3.51. The molecule has 4 rings (SSSR count). The summed E-state index contributed by atoms with van der Waals surface area (Å²) in [4.78, 5) is 32.2. The van der Waals surface area contributed by atoms with Crippen LogP contribution in [0, 0.1) is 5.92 Å². The summed E-state index contributed by atoms with van der Waals surface area (Å²) in [6, 6.07) is 14.8.